The van der Waals surface area contributed by atoms with E-state index in [-0.39, 0.29) is 30.3 Å². The number of hydrogen-bond donors (Lipinski definition) is 5. The van der Waals surface area contributed by atoms with Crippen molar-refractivity contribution in [1.29, 1.82) is 5.26 Å². The van der Waals surface area contributed by atoms with Crippen LogP contribution in [-0.4, -0.2) is 77.1 Å². The highest BCUT2D eigenvalue weighted by atomic mass is 16.2. The molecule has 2 aliphatic rings. The minimum absolute atomic E-state index is 0.0530. The van der Waals surface area contributed by atoms with Gasteiger partial charge in [0.2, 0.25) is 5.91 Å². The van der Waals surface area contributed by atoms with E-state index in [4.69, 9.17) is 0 Å². The molecule has 224 valence electrons. The number of aromatic amines is 2. The van der Waals surface area contributed by atoms with Gasteiger partial charge in [-0.25, -0.2) is 9.89 Å². The van der Waals surface area contributed by atoms with E-state index in [0.29, 0.717) is 49.2 Å². The fourth-order valence-corrected chi connectivity index (χ4v) is 6.56. The Morgan fingerprint density at radius 3 is 2.19 bits per heavy atom. The van der Waals surface area contributed by atoms with Crippen LogP contribution in [0.3, 0.4) is 0 Å². The second kappa shape index (κ2) is 12.2. The maximum atomic E-state index is 13.0. The third-order valence-corrected chi connectivity index (χ3v) is 8.61. The van der Waals surface area contributed by atoms with Gasteiger partial charge < -0.3 is 20.9 Å². The molecule has 0 radical (unpaired) electrons. The molecule has 2 atom stereocenters. The molecule has 1 saturated heterocycles. The van der Waals surface area contributed by atoms with E-state index < -0.39 is 17.1 Å². The van der Waals surface area contributed by atoms with Crippen LogP contribution in [0.1, 0.15) is 75.0 Å². The second-order valence-electron chi connectivity index (χ2n) is 11.2. The van der Waals surface area contributed by atoms with Crippen molar-refractivity contribution in [2.75, 3.05) is 27.2 Å². The van der Waals surface area contributed by atoms with Crippen molar-refractivity contribution < 1.29 is 14.4 Å². The molecule has 0 bridgehead atoms. The number of nitrogens with zero attached hydrogens (tertiary/aromatic N) is 3. The summed E-state index contributed by atoms with van der Waals surface area (Å²) < 4.78 is 0. The molecule has 1 aliphatic carbocycles. The minimum Gasteiger partial charge on any atom is -0.355 e. The first-order chi connectivity index (χ1) is 20.7. The van der Waals surface area contributed by atoms with E-state index in [1.807, 2.05) is 31.2 Å². The van der Waals surface area contributed by atoms with E-state index in [0.717, 1.165) is 28.7 Å². The lowest BCUT2D eigenvalue weighted by atomic mass is 9.67. The Balaban J connectivity index is 1.62. The molecule has 0 spiro atoms. The van der Waals surface area contributed by atoms with Gasteiger partial charge in [0, 0.05) is 37.8 Å². The second-order valence-corrected chi connectivity index (χ2v) is 11.2. The molecule has 2 heterocycles. The summed E-state index contributed by atoms with van der Waals surface area (Å²) in [5.41, 5.74) is 3.14. The van der Waals surface area contributed by atoms with Crippen LogP contribution < -0.4 is 21.6 Å². The Labute approximate surface area is 249 Å². The molecule has 5 rings (SSSR count). The number of nitrogens with one attached hydrogen (secondary N) is 5. The average Bonchev–Trinajstić information content (AvgIpc) is 3.67. The summed E-state index contributed by atoms with van der Waals surface area (Å²) >= 11 is 0. The molecule has 12 heteroatoms. The zero-order valence-corrected chi connectivity index (χ0v) is 24.5. The number of carbonyl (C=O) groups excluding carboxylic acids is 3. The van der Waals surface area contributed by atoms with Crippen LogP contribution in [-0.2, 0) is 23.1 Å². The standard InChI is InChI=1S/C31H36N8O4/c1-18(35-17-26(40)39-12-4-5-23(39)16-32)15-31(29-36-30(43)38-37-29)24-10-8-21(27(41)33-2)13-19(24)6-7-20-14-22(28(42)34-3)9-11-25(20)31/h8-11,13-14,18,23,35H,4-7,12,15,17H2,1-3H3,(H,33,41)(H,34,42)(H2,36,37,38,43)/t18-,23+/m1/s1. The fraction of sp³-hybridized carbons (Fsp3) is 0.419. The first kappa shape index (κ1) is 29.7. The quantitative estimate of drug-likeness (QED) is 0.264. The molecule has 0 saturated carbocycles. The number of amides is 3. The monoisotopic (exact) mass is 584 g/mol. The average molecular weight is 585 g/mol. The summed E-state index contributed by atoms with van der Waals surface area (Å²) in [4.78, 5) is 55.2. The van der Waals surface area contributed by atoms with Crippen molar-refractivity contribution in [1.82, 2.24) is 36.0 Å². The van der Waals surface area contributed by atoms with Gasteiger partial charge in [-0.05, 0) is 85.5 Å². The predicted octanol–water partition coefficient (Wildman–Crippen LogP) is 1.13. The zero-order valence-electron chi connectivity index (χ0n) is 24.5. The lowest BCUT2D eigenvalue weighted by Crippen LogP contribution is -2.45. The van der Waals surface area contributed by atoms with Crippen LogP contribution in [0.4, 0.5) is 0 Å². The van der Waals surface area contributed by atoms with Gasteiger partial charge >= 0.3 is 5.69 Å². The lowest BCUT2D eigenvalue weighted by Gasteiger charge is -2.37. The van der Waals surface area contributed by atoms with Gasteiger partial charge in [-0.15, -0.1) is 0 Å². The molecule has 3 aromatic rings. The van der Waals surface area contributed by atoms with Gasteiger partial charge in [0.15, 0.2) is 0 Å². The highest BCUT2D eigenvalue weighted by Gasteiger charge is 2.45. The molecular weight excluding hydrogens is 548 g/mol. The van der Waals surface area contributed by atoms with Crippen LogP contribution >= 0.6 is 0 Å². The van der Waals surface area contributed by atoms with Crippen molar-refractivity contribution in [2.24, 2.45) is 0 Å². The number of aryl methyl sites for hydroxylation is 2. The maximum absolute atomic E-state index is 13.0. The van der Waals surface area contributed by atoms with Crippen LogP contribution in [0.15, 0.2) is 41.2 Å². The number of H-pyrrole nitrogens is 2. The lowest BCUT2D eigenvalue weighted by molar-refractivity contribution is -0.130. The molecule has 2 aromatic carbocycles. The van der Waals surface area contributed by atoms with E-state index in [2.05, 4.69) is 37.2 Å². The Kier molecular flexibility index (Phi) is 8.45. The molecule has 1 aliphatic heterocycles. The summed E-state index contributed by atoms with van der Waals surface area (Å²) in [6.07, 6.45) is 3.05. The summed E-state index contributed by atoms with van der Waals surface area (Å²) in [5, 5.41) is 25.1. The van der Waals surface area contributed by atoms with Crippen molar-refractivity contribution in [2.45, 2.75) is 56.5 Å². The third-order valence-electron chi connectivity index (χ3n) is 8.61. The zero-order chi connectivity index (χ0) is 30.7. The number of hydrogen-bond acceptors (Lipinski definition) is 7. The van der Waals surface area contributed by atoms with Crippen LogP contribution in [0.25, 0.3) is 0 Å². The van der Waals surface area contributed by atoms with Crippen molar-refractivity contribution in [3.05, 3.63) is 86.1 Å². The molecule has 1 fully saturated rings. The molecule has 5 N–H and O–H groups in total. The fourth-order valence-electron chi connectivity index (χ4n) is 6.56. The van der Waals surface area contributed by atoms with Gasteiger partial charge in [0.05, 0.1) is 18.0 Å². The smallest absolute Gasteiger partial charge is 0.340 e. The van der Waals surface area contributed by atoms with Gasteiger partial charge in [0.25, 0.3) is 11.8 Å². The molecule has 3 amide bonds. The molecule has 1 aromatic heterocycles. The van der Waals surface area contributed by atoms with Gasteiger partial charge in [-0.2, -0.15) is 10.4 Å². The molecule has 12 nitrogen and oxygen atoms in total. The van der Waals surface area contributed by atoms with Crippen molar-refractivity contribution in [3.8, 4) is 6.07 Å². The van der Waals surface area contributed by atoms with Crippen LogP contribution in [0.2, 0.25) is 0 Å². The Bertz CT molecular complexity index is 1580. The molecule has 43 heavy (non-hydrogen) atoms. The van der Waals surface area contributed by atoms with E-state index >= 15 is 0 Å². The Hall–Kier alpha value is -4.76. The Morgan fingerprint density at radius 1 is 1.07 bits per heavy atom. The van der Waals surface area contributed by atoms with Crippen LogP contribution in [0, 0.1) is 11.3 Å². The van der Waals surface area contributed by atoms with Crippen molar-refractivity contribution >= 4 is 17.7 Å². The molecule has 0 unspecified atom stereocenters. The Morgan fingerprint density at radius 2 is 1.67 bits per heavy atom. The van der Waals surface area contributed by atoms with E-state index in [1.54, 1.807) is 31.1 Å². The van der Waals surface area contributed by atoms with Crippen molar-refractivity contribution in [3.63, 3.8) is 0 Å². The maximum Gasteiger partial charge on any atom is 0.340 e. The highest BCUT2D eigenvalue weighted by Crippen LogP contribution is 2.46. The number of nitriles is 1. The summed E-state index contributed by atoms with van der Waals surface area (Å²) in [6.45, 7) is 2.58. The van der Waals surface area contributed by atoms with Gasteiger partial charge in [-0.1, -0.05) is 12.1 Å². The minimum atomic E-state index is -0.999. The largest absolute Gasteiger partial charge is 0.355 e. The normalized spacial score (nSPS) is 17.6. The predicted molar refractivity (Wildman–Crippen MR) is 159 cm³/mol. The number of likely N-dealkylation sites (tertiary alicyclic amines) is 1. The summed E-state index contributed by atoms with van der Waals surface area (Å²) in [5.74, 6) is -0.163. The number of benzene rings is 2. The number of fused-ring (bicyclic) bond motifs is 2. The van der Waals surface area contributed by atoms with E-state index in [1.165, 1.54) is 0 Å². The van der Waals surface area contributed by atoms with Gasteiger partial charge in [0.1, 0.15) is 11.9 Å². The van der Waals surface area contributed by atoms with Gasteiger partial charge in [-0.3, -0.25) is 19.4 Å². The topological polar surface area (TPSA) is 176 Å². The molecular formula is C31H36N8O4. The van der Waals surface area contributed by atoms with Crippen LogP contribution in [0.5, 0.6) is 0 Å². The number of aromatic nitrogens is 3. The summed E-state index contributed by atoms with van der Waals surface area (Å²) in [7, 11) is 3.16. The number of carbonyl (C=O) groups is 3. The summed E-state index contributed by atoms with van der Waals surface area (Å²) in [6, 6.07) is 12.6. The SMILES string of the molecule is CNC(=O)c1ccc2c(c1)CCc1cc(C(=O)NC)ccc1C2(C[C@@H](C)NCC(=O)N1CCC[C@H]1C#N)c1n[nH]c(=O)[nH]1. The third kappa shape index (κ3) is 5.56. The van der Waals surface area contributed by atoms with E-state index in [9.17, 15) is 24.4 Å². The first-order valence-corrected chi connectivity index (χ1v) is 14.5. The number of rotatable bonds is 8. The first-order valence-electron chi connectivity index (χ1n) is 14.5. The highest BCUT2D eigenvalue weighted by molar-refractivity contribution is 5.95.